The van der Waals surface area contributed by atoms with Crippen LogP contribution in [0.1, 0.15) is 67.0 Å². The van der Waals surface area contributed by atoms with Crippen molar-refractivity contribution in [2.75, 3.05) is 12.0 Å². The zero-order valence-corrected chi connectivity index (χ0v) is 24.1. The summed E-state index contributed by atoms with van der Waals surface area (Å²) in [7, 11) is 0.927. The van der Waals surface area contributed by atoms with E-state index in [0.717, 1.165) is 23.0 Å². The second-order valence-electron chi connectivity index (χ2n) is 10.9. The fourth-order valence-electron chi connectivity index (χ4n) is 5.31. The number of amides is 2. The fourth-order valence-corrected chi connectivity index (χ4v) is 5.59. The Morgan fingerprint density at radius 1 is 0.932 bits per heavy atom. The van der Waals surface area contributed by atoms with Crippen LogP contribution in [0.3, 0.4) is 0 Å². The van der Waals surface area contributed by atoms with Crippen LogP contribution in [0.25, 0.3) is 0 Å². The van der Waals surface area contributed by atoms with Crippen LogP contribution < -0.4 is 4.90 Å². The first-order valence-corrected chi connectivity index (χ1v) is 13.6. The first-order chi connectivity index (χ1) is 20.2. The predicted molar refractivity (Wildman–Crippen MR) is 139 cm³/mol. The number of alkyl halides is 9. The van der Waals surface area contributed by atoms with Crippen LogP contribution in [0, 0.1) is 5.92 Å². The minimum atomic E-state index is -5.17. The number of carbonyl (C=O) groups is 2. The van der Waals surface area contributed by atoms with Gasteiger partial charge in [-0.3, -0.25) is 9.80 Å². The van der Waals surface area contributed by atoms with Gasteiger partial charge in [-0.1, -0.05) is 11.6 Å². The van der Waals surface area contributed by atoms with E-state index >= 15 is 0 Å². The third kappa shape index (κ3) is 7.13. The lowest BCUT2D eigenvalue weighted by Crippen LogP contribution is -2.50. The summed E-state index contributed by atoms with van der Waals surface area (Å²) in [6.07, 6.45) is -17.1. The number of anilines is 1. The summed E-state index contributed by atoms with van der Waals surface area (Å²) in [4.78, 5) is 28.2. The third-order valence-electron chi connectivity index (χ3n) is 7.32. The largest absolute Gasteiger partial charge is 0.453 e. The first kappa shape index (κ1) is 33.5. The summed E-state index contributed by atoms with van der Waals surface area (Å²) in [5, 5.41) is -0.799. The molecule has 16 heteroatoms. The van der Waals surface area contributed by atoms with Crippen molar-refractivity contribution in [2.45, 2.75) is 76.4 Å². The topological polar surface area (TPSA) is 59.1 Å². The van der Waals surface area contributed by atoms with Crippen LogP contribution in [0.4, 0.5) is 54.8 Å². The second-order valence-corrected chi connectivity index (χ2v) is 11.3. The molecular weight excluding hydrogens is 635 g/mol. The number of ether oxygens (including phenoxy) is 2. The number of hydrogen-bond acceptors (Lipinski definition) is 4. The van der Waals surface area contributed by atoms with Gasteiger partial charge >= 0.3 is 30.7 Å². The van der Waals surface area contributed by atoms with Crippen molar-refractivity contribution in [3.8, 4) is 0 Å². The fraction of sp³-hybridized carbons (Fsp3) is 0.500. The molecule has 2 aromatic rings. The maximum absolute atomic E-state index is 13.9. The molecule has 0 aromatic heterocycles. The smallest absolute Gasteiger partial charge is 0.417 e. The van der Waals surface area contributed by atoms with Gasteiger partial charge in [-0.15, -0.1) is 0 Å². The highest BCUT2D eigenvalue weighted by atomic mass is 35.5. The number of methoxy groups -OCH3 is 1. The molecule has 1 fully saturated rings. The first-order valence-electron chi connectivity index (χ1n) is 13.3. The van der Waals surface area contributed by atoms with E-state index in [1.165, 1.54) is 13.8 Å². The van der Waals surface area contributed by atoms with Crippen molar-refractivity contribution in [3.05, 3.63) is 63.2 Å². The van der Waals surface area contributed by atoms with Crippen LogP contribution in [0.2, 0.25) is 5.02 Å². The van der Waals surface area contributed by atoms with Gasteiger partial charge in [-0.25, -0.2) is 9.59 Å². The lowest BCUT2D eigenvalue weighted by atomic mass is 9.86. The summed E-state index contributed by atoms with van der Waals surface area (Å²) < 4.78 is 133. The molecule has 1 heterocycles. The molecule has 6 nitrogen and oxygen atoms in total. The molecule has 0 saturated heterocycles. The summed E-state index contributed by atoms with van der Waals surface area (Å²) in [5.41, 5.74) is -5.52. The van der Waals surface area contributed by atoms with Crippen molar-refractivity contribution < 1.29 is 58.6 Å². The summed E-state index contributed by atoms with van der Waals surface area (Å²) >= 11 is 6.01. The van der Waals surface area contributed by atoms with Gasteiger partial charge in [-0.2, -0.15) is 39.5 Å². The molecule has 242 valence electrons. The Bertz CT molecular complexity index is 1390. The Balaban J connectivity index is 1.91. The predicted octanol–water partition coefficient (Wildman–Crippen LogP) is 9.24. The number of fused-ring (bicyclic) bond motifs is 1. The molecular formula is C28H26ClF9N2O4. The number of nitrogens with zero attached hydrogens (tertiary/aromatic N) is 2. The number of carbonyl (C=O) groups excluding carboxylic acids is 2. The second kappa shape index (κ2) is 11.9. The molecule has 0 N–H and O–H groups in total. The molecule has 1 saturated carbocycles. The van der Waals surface area contributed by atoms with E-state index in [9.17, 15) is 49.1 Å². The highest BCUT2D eigenvalue weighted by molar-refractivity contribution is 6.31. The molecule has 0 radical (unpaired) electrons. The van der Waals surface area contributed by atoms with Crippen LogP contribution in [-0.2, 0) is 34.5 Å². The van der Waals surface area contributed by atoms with Crippen LogP contribution >= 0.6 is 11.6 Å². The molecule has 2 aliphatic rings. The molecule has 2 aromatic carbocycles. The highest BCUT2D eigenvalue weighted by Crippen LogP contribution is 2.51. The van der Waals surface area contributed by atoms with E-state index in [-0.39, 0.29) is 29.7 Å². The SMILES string of the molecule is COC(=O)N(Cc1cc(C(F)(F)F)cc(C(F)(F)F)c1)[C@H]1C[C@@H](C2CC2)N(C(=O)OC(C)C)c2cc(C(F)(F)F)c(Cl)cc21. The van der Waals surface area contributed by atoms with Crippen LogP contribution in [-0.4, -0.2) is 36.3 Å². The number of rotatable bonds is 5. The van der Waals surface area contributed by atoms with Gasteiger partial charge in [0.15, 0.2) is 0 Å². The van der Waals surface area contributed by atoms with E-state index in [1.807, 2.05) is 0 Å². The van der Waals surface area contributed by atoms with Crippen molar-refractivity contribution in [3.63, 3.8) is 0 Å². The Labute approximate surface area is 250 Å². The number of halogens is 10. The normalized spacial score (nSPS) is 19.1. The van der Waals surface area contributed by atoms with Crippen molar-refractivity contribution in [1.82, 2.24) is 4.90 Å². The van der Waals surface area contributed by atoms with E-state index < -0.39 is 82.7 Å². The molecule has 0 spiro atoms. The van der Waals surface area contributed by atoms with E-state index in [1.54, 1.807) is 0 Å². The van der Waals surface area contributed by atoms with E-state index in [4.69, 9.17) is 21.1 Å². The van der Waals surface area contributed by atoms with Gasteiger partial charge < -0.3 is 9.47 Å². The zero-order chi connectivity index (χ0) is 32.9. The van der Waals surface area contributed by atoms with Gasteiger partial charge in [-0.05, 0) is 74.9 Å². The van der Waals surface area contributed by atoms with E-state index in [0.29, 0.717) is 31.0 Å². The molecule has 44 heavy (non-hydrogen) atoms. The summed E-state index contributed by atoms with van der Waals surface area (Å²) in [5.74, 6) is -0.236. The quantitative estimate of drug-likeness (QED) is 0.300. The summed E-state index contributed by atoms with van der Waals surface area (Å²) in [6, 6.07) is 0.227. The van der Waals surface area contributed by atoms with Crippen LogP contribution in [0.15, 0.2) is 30.3 Å². The number of hydrogen-bond donors (Lipinski definition) is 0. The minimum Gasteiger partial charge on any atom is -0.453 e. The van der Waals surface area contributed by atoms with Crippen LogP contribution in [0.5, 0.6) is 0 Å². The van der Waals surface area contributed by atoms with Gasteiger partial charge in [0, 0.05) is 18.2 Å². The Morgan fingerprint density at radius 3 is 1.95 bits per heavy atom. The Morgan fingerprint density at radius 2 is 1.50 bits per heavy atom. The lowest BCUT2D eigenvalue weighted by molar-refractivity contribution is -0.143. The maximum Gasteiger partial charge on any atom is 0.417 e. The number of benzene rings is 2. The van der Waals surface area contributed by atoms with Crippen molar-refractivity contribution in [1.29, 1.82) is 0 Å². The molecule has 1 aliphatic heterocycles. The molecule has 1 aliphatic carbocycles. The summed E-state index contributed by atoms with van der Waals surface area (Å²) in [6.45, 7) is 2.21. The van der Waals surface area contributed by atoms with E-state index in [2.05, 4.69) is 0 Å². The maximum atomic E-state index is 13.9. The average Bonchev–Trinajstić information content (AvgIpc) is 3.73. The minimum absolute atomic E-state index is 0.0678. The average molecular weight is 661 g/mol. The standard InChI is InChI=1S/C28H26ClF9N2O4/c1-13(2)44-25(42)40-21(15-4-5-15)11-22(18-9-20(29)19(10-23(18)40)28(36,37)38)39(24(41)43-3)12-14-6-16(26(30,31)32)8-17(7-14)27(33,34)35/h6-10,13,15,21-22H,4-5,11-12H2,1-3H3/t21-,22-/m0/s1. The monoisotopic (exact) mass is 660 g/mol. The lowest BCUT2D eigenvalue weighted by Gasteiger charge is -2.44. The van der Waals surface area contributed by atoms with Gasteiger partial charge in [0.25, 0.3) is 0 Å². The Hall–Kier alpha value is -3.36. The van der Waals surface area contributed by atoms with Gasteiger partial charge in [0.1, 0.15) is 0 Å². The third-order valence-corrected chi connectivity index (χ3v) is 7.63. The molecule has 4 rings (SSSR count). The highest BCUT2D eigenvalue weighted by Gasteiger charge is 2.49. The Kier molecular flexibility index (Phi) is 9.04. The molecule has 2 amide bonds. The zero-order valence-electron chi connectivity index (χ0n) is 23.3. The molecule has 2 atom stereocenters. The molecule has 0 unspecified atom stereocenters. The van der Waals surface area contributed by atoms with Gasteiger partial charge in [0.05, 0.1) is 46.7 Å². The van der Waals surface area contributed by atoms with Gasteiger partial charge in [0.2, 0.25) is 0 Å². The van der Waals surface area contributed by atoms with Crippen molar-refractivity contribution >= 4 is 29.5 Å². The molecule has 0 bridgehead atoms. The van der Waals surface area contributed by atoms with Crippen molar-refractivity contribution in [2.24, 2.45) is 5.92 Å².